The number of anilines is 1. The van der Waals surface area contributed by atoms with Crippen molar-refractivity contribution in [1.29, 1.82) is 5.26 Å². The van der Waals surface area contributed by atoms with E-state index in [-0.39, 0.29) is 18.0 Å². The maximum atomic E-state index is 14.3. The number of hydrogen-bond donors (Lipinski definition) is 0. The van der Waals surface area contributed by atoms with E-state index < -0.39 is 5.82 Å². The third-order valence-electron chi connectivity index (χ3n) is 8.16. The molecule has 2 aromatic carbocycles. The predicted molar refractivity (Wildman–Crippen MR) is 161 cm³/mol. The fraction of sp³-hybridized carbons (Fsp3) is 0.281. The van der Waals surface area contributed by atoms with Gasteiger partial charge in [-0.25, -0.2) is 9.37 Å². The number of halogens is 1. The van der Waals surface area contributed by atoms with Crippen LogP contribution in [0.4, 0.5) is 10.2 Å². The van der Waals surface area contributed by atoms with Crippen molar-refractivity contribution < 1.29 is 13.9 Å². The Morgan fingerprint density at radius 3 is 2.81 bits per heavy atom. The Labute approximate surface area is 251 Å². The molecule has 216 valence electrons. The molecule has 0 unspecified atom stereocenters. The molecule has 43 heavy (non-hydrogen) atoms. The molecule has 2 fully saturated rings. The molecule has 0 N–H and O–H groups in total. The summed E-state index contributed by atoms with van der Waals surface area (Å²) in [5.74, 6) is 1.83. The van der Waals surface area contributed by atoms with Crippen molar-refractivity contribution >= 4 is 34.0 Å². The second kappa shape index (κ2) is 11.2. The molecule has 1 aliphatic carbocycles. The van der Waals surface area contributed by atoms with Crippen LogP contribution in [-0.4, -0.2) is 55.4 Å². The summed E-state index contributed by atoms with van der Waals surface area (Å²) >= 11 is 1.61. The zero-order valence-corrected chi connectivity index (χ0v) is 24.3. The van der Waals surface area contributed by atoms with Crippen LogP contribution in [0.15, 0.2) is 66.3 Å². The second-order valence-electron chi connectivity index (χ2n) is 10.9. The molecule has 11 heteroatoms. The van der Waals surface area contributed by atoms with E-state index in [1.165, 1.54) is 6.07 Å². The fourth-order valence-electron chi connectivity index (χ4n) is 5.82. The summed E-state index contributed by atoms with van der Waals surface area (Å²) in [7, 11) is 0. The fourth-order valence-corrected chi connectivity index (χ4v) is 6.40. The highest BCUT2D eigenvalue weighted by atomic mass is 32.1. The molecule has 2 aliphatic rings. The summed E-state index contributed by atoms with van der Waals surface area (Å²) in [5.41, 5.74) is 5.02. The minimum atomic E-state index is -0.466. The number of nitriles is 1. The maximum Gasteiger partial charge on any atom is 0.215 e. The molecule has 1 saturated carbocycles. The van der Waals surface area contributed by atoms with E-state index in [1.807, 2.05) is 48.1 Å². The summed E-state index contributed by atoms with van der Waals surface area (Å²) in [4.78, 5) is 32.0. The quantitative estimate of drug-likeness (QED) is 0.215. The SMILES string of the molecule is CC(=O)c1ccc2nc(CN3CCN(c4cccc(OCc5ccc(C#N)cc5F)n4)[C@@H]4C[C@@H]43)n(Cc3cncs3)c2c1. The second-order valence-corrected chi connectivity index (χ2v) is 11.9. The lowest BCUT2D eigenvalue weighted by Gasteiger charge is -2.34. The van der Waals surface area contributed by atoms with Gasteiger partial charge in [0.2, 0.25) is 5.88 Å². The van der Waals surface area contributed by atoms with E-state index in [0.717, 1.165) is 47.1 Å². The van der Waals surface area contributed by atoms with Crippen LogP contribution >= 0.6 is 11.3 Å². The molecule has 1 saturated heterocycles. The van der Waals surface area contributed by atoms with Gasteiger partial charge in [-0.1, -0.05) is 12.1 Å². The van der Waals surface area contributed by atoms with Crippen LogP contribution in [0.1, 0.15) is 45.5 Å². The molecule has 5 aromatic rings. The molecule has 7 rings (SSSR count). The Morgan fingerprint density at radius 2 is 2.02 bits per heavy atom. The highest BCUT2D eigenvalue weighted by molar-refractivity contribution is 7.09. The summed E-state index contributed by atoms with van der Waals surface area (Å²) in [6, 6.07) is 18.4. The molecule has 2 atom stereocenters. The number of pyridine rings is 1. The lowest BCUT2D eigenvalue weighted by atomic mass is 10.1. The van der Waals surface area contributed by atoms with Crippen LogP contribution in [0.3, 0.4) is 0 Å². The topological polar surface area (TPSA) is 100 Å². The van der Waals surface area contributed by atoms with E-state index in [1.54, 1.807) is 36.5 Å². The van der Waals surface area contributed by atoms with Gasteiger partial charge in [0.05, 0.1) is 41.3 Å². The van der Waals surface area contributed by atoms with Crippen LogP contribution in [0.2, 0.25) is 0 Å². The zero-order valence-electron chi connectivity index (χ0n) is 23.5. The smallest absolute Gasteiger partial charge is 0.215 e. The van der Waals surface area contributed by atoms with Gasteiger partial charge in [-0.15, -0.1) is 11.3 Å². The molecule has 0 spiro atoms. The number of carbonyl (C=O) groups excluding carboxylic acids is 1. The number of fused-ring (bicyclic) bond motifs is 2. The van der Waals surface area contributed by atoms with Crippen LogP contribution in [0.5, 0.6) is 5.88 Å². The maximum absolute atomic E-state index is 14.3. The first kappa shape index (κ1) is 27.2. The number of Topliss-reactive ketones (excluding diaryl/α,β-unsaturated/α-hetero) is 1. The van der Waals surface area contributed by atoms with E-state index >= 15 is 0 Å². The van der Waals surface area contributed by atoms with Crippen LogP contribution in [-0.2, 0) is 19.7 Å². The van der Waals surface area contributed by atoms with Crippen molar-refractivity contribution in [2.45, 2.75) is 45.1 Å². The number of piperazine rings is 1. The number of aromatic nitrogens is 4. The Hall–Kier alpha value is -4.66. The number of benzene rings is 2. The number of nitrogens with zero attached hydrogens (tertiary/aromatic N) is 7. The first-order valence-electron chi connectivity index (χ1n) is 14.1. The number of ketones is 1. The molecule has 9 nitrogen and oxygen atoms in total. The van der Waals surface area contributed by atoms with Gasteiger partial charge < -0.3 is 14.2 Å². The number of ether oxygens (including phenoxy) is 1. The number of rotatable bonds is 9. The molecule has 0 amide bonds. The molecular weight excluding hydrogens is 565 g/mol. The Bertz CT molecular complexity index is 1870. The number of thiazole rings is 1. The zero-order chi connectivity index (χ0) is 29.5. The Morgan fingerprint density at radius 1 is 1.12 bits per heavy atom. The minimum absolute atomic E-state index is 0.0320. The van der Waals surface area contributed by atoms with Crippen molar-refractivity contribution in [3.8, 4) is 11.9 Å². The summed E-state index contributed by atoms with van der Waals surface area (Å²) in [6.45, 7) is 4.66. The van der Waals surface area contributed by atoms with Crippen LogP contribution < -0.4 is 9.64 Å². The predicted octanol–water partition coefficient (Wildman–Crippen LogP) is 5.19. The van der Waals surface area contributed by atoms with Gasteiger partial charge in [0, 0.05) is 53.4 Å². The van der Waals surface area contributed by atoms with Crippen molar-refractivity contribution in [2.24, 2.45) is 0 Å². The normalized spacial score (nSPS) is 17.9. The molecular formula is C32H28FN7O2S. The van der Waals surface area contributed by atoms with Crippen molar-refractivity contribution in [2.75, 3.05) is 18.0 Å². The molecule has 4 heterocycles. The van der Waals surface area contributed by atoms with Crippen molar-refractivity contribution in [3.05, 3.63) is 99.5 Å². The van der Waals surface area contributed by atoms with Crippen molar-refractivity contribution in [1.82, 2.24) is 24.4 Å². The highest BCUT2D eigenvalue weighted by Gasteiger charge is 2.49. The van der Waals surface area contributed by atoms with Gasteiger partial charge in [0.25, 0.3) is 0 Å². The standard InChI is InChI=1S/C32H28FN7O2S/c1-20(41)22-7-8-26-27(12-22)40(16-24-15-35-19-43-24)31(36-26)17-38-9-10-39(29-13-28(29)38)30-3-2-4-32(37-30)42-18-23-6-5-21(14-34)11-25(23)33/h2-8,11-12,15,19,28-29H,9-10,13,16-18H2,1H3/t28-,29+/m0/s1. The van der Waals surface area contributed by atoms with E-state index in [2.05, 4.69) is 19.4 Å². The van der Waals surface area contributed by atoms with Crippen molar-refractivity contribution in [3.63, 3.8) is 0 Å². The summed E-state index contributed by atoms with van der Waals surface area (Å²) in [5, 5.41) is 8.96. The third kappa shape index (κ3) is 5.47. The third-order valence-corrected chi connectivity index (χ3v) is 8.92. The lowest BCUT2D eigenvalue weighted by molar-refractivity contribution is 0.101. The van der Waals surface area contributed by atoms with Gasteiger partial charge in [-0.05, 0) is 49.7 Å². The Balaban J connectivity index is 1.06. The number of carbonyl (C=O) groups is 1. The van der Waals surface area contributed by atoms with Gasteiger partial charge in [0.15, 0.2) is 5.78 Å². The van der Waals surface area contributed by atoms with E-state index in [0.29, 0.717) is 42.2 Å². The molecule has 0 bridgehead atoms. The highest BCUT2D eigenvalue weighted by Crippen LogP contribution is 2.40. The monoisotopic (exact) mass is 593 g/mol. The van der Waals surface area contributed by atoms with Gasteiger partial charge in [-0.3, -0.25) is 14.7 Å². The molecule has 0 radical (unpaired) electrons. The summed E-state index contributed by atoms with van der Waals surface area (Å²) in [6.07, 6.45) is 2.92. The first-order chi connectivity index (χ1) is 21.0. The van der Waals surface area contributed by atoms with Gasteiger partial charge in [-0.2, -0.15) is 10.2 Å². The van der Waals surface area contributed by atoms with Crippen LogP contribution in [0.25, 0.3) is 11.0 Å². The first-order valence-corrected chi connectivity index (χ1v) is 15.0. The Kier molecular flexibility index (Phi) is 7.08. The minimum Gasteiger partial charge on any atom is -0.473 e. The van der Waals surface area contributed by atoms with E-state index in [4.69, 9.17) is 20.0 Å². The van der Waals surface area contributed by atoms with Gasteiger partial charge in [0.1, 0.15) is 24.1 Å². The number of hydrogen-bond acceptors (Lipinski definition) is 9. The summed E-state index contributed by atoms with van der Waals surface area (Å²) < 4.78 is 22.4. The number of imidazole rings is 1. The average Bonchev–Trinajstić information content (AvgIpc) is 3.53. The molecule has 1 aliphatic heterocycles. The largest absolute Gasteiger partial charge is 0.473 e. The van der Waals surface area contributed by atoms with Crippen LogP contribution in [0, 0.1) is 17.1 Å². The average molecular weight is 594 g/mol. The lowest BCUT2D eigenvalue weighted by Crippen LogP contribution is -2.46. The molecule has 3 aromatic heterocycles. The van der Waals surface area contributed by atoms with Gasteiger partial charge >= 0.3 is 0 Å². The van der Waals surface area contributed by atoms with E-state index in [9.17, 15) is 9.18 Å².